The van der Waals surface area contributed by atoms with Crippen molar-refractivity contribution in [1.29, 1.82) is 0 Å². The van der Waals surface area contributed by atoms with Crippen LogP contribution in [0.25, 0.3) is 10.8 Å². The molecule has 194 valence electrons. The van der Waals surface area contributed by atoms with Crippen LogP contribution in [0.2, 0.25) is 0 Å². The van der Waals surface area contributed by atoms with Gasteiger partial charge < -0.3 is 19.5 Å². The Hall–Kier alpha value is -3.42. The van der Waals surface area contributed by atoms with E-state index in [0.717, 1.165) is 26.9 Å². The quantitative estimate of drug-likeness (QED) is 0.378. The van der Waals surface area contributed by atoms with Gasteiger partial charge in [-0.15, -0.1) is 0 Å². The summed E-state index contributed by atoms with van der Waals surface area (Å²) in [6.07, 6.45) is -0.243. The van der Waals surface area contributed by atoms with Crippen molar-refractivity contribution in [2.24, 2.45) is 0 Å². The van der Waals surface area contributed by atoms with Crippen LogP contribution in [0, 0.1) is 11.8 Å². The lowest BCUT2D eigenvalue weighted by molar-refractivity contribution is -0.139. The number of benzene rings is 3. The van der Waals surface area contributed by atoms with E-state index >= 15 is 0 Å². The van der Waals surface area contributed by atoms with Crippen molar-refractivity contribution in [1.82, 2.24) is 9.42 Å². The van der Waals surface area contributed by atoms with Gasteiger partial charge in [0.1, 0.15) is 0 Å². The number of rotatable bonds is 7. The summed E-state index contributed by atoms with van der Waals surface area (Å²) in [4.78, 5) is 15.3. The molecule has 2 unspecified atom stereocenters. The summed E-state index contributed by atoms with van der Waals surface area (Å²) >= 11 is -2.53. The van der Waals surface area contributed by atoms with Gasteiger partial charge in [0.15, 0.2) is 0 Å². The molecule has 8 nitrogen and oxygen atoms in total. The second kappa shape index (κ2) is 11.8. The molecule has 3 aromatic rings. The minimum atomic E-state index is -2.53. The second-order valence-electron chi connectivity index (χ2n) is 9.31. The standard InChI is InChI=1S/C28H32N4O4S/c1-21(19-28(33)34)32(37(35)36)31-17-15-30(16-18-31)25-13-10-22(11-14-25)7-8-23-9-12-24-5-4-6-27(29(2)3)26(24)20-23/h4-6,9-14,20-21H,15-19H2,1-3H3,(H,33,34)(H,35,36)/p-1. The molecule has 1 N–H and O–H groups in total. The Morgan fingerprint density at radius 2 is 1.68 bits per heavy atom. The molecule has 1 heterocycles. The van der Waals surface area contributed by atoms with E-state index in [4.69, 9.17) is 5.11 Å². The molecule has 9 heteroatoms. The average molecular weight is 520 g/mol. The lowest BCUT2D eigenvalue weighted by Gasteiger charge is -2.44. The smallest absolute Gasteiger partial charge is 0.305 e. The first-order valence-corrected chi connectivity index (χ1v) is 13.2. The van der Waals surface area contributed by atoms with Gasteiger partial charge in [0, 0.05) is 85.5 Å². The van der Waals surface area contributed by atoms with E-state index in [1.807, 2.05) is 44.4 Å². The topological polar surface area (TPSA) is 90.4 Å². The van der Waals surface area contributed by atoms with E-state index in [1.165, 1.54) is 10.8 Å². The minimum absolute atomic E-state index is 0.243. The molecule has 4 rings (SSSR count). The molecule has 1 fully saturated rings. The first-order chi connectivity index (χ1) is 17.7. The van der Waals surface area contributed by atoms with Crippen LogP contribution in [-0.4, -0.2) is 75.6 Å². The van der Waals surface area contributed by atoms with Crippen LogP contribution >= 0.6 is 0 Å². The van der Waals surface area contributed by atoms with Crippen molar-refractivity contribution < 1.29 is 18.7 Å². The zero-order chi connectivity index (χ0) is 26.5. The lowest BCUT2D eigenvalue weighted by atomic mass is 10.0. The maximum Gasteiger partial charge on any atom is 0.305 e. The molecule has 0 bridgehead atoms. The molecule has 0 saturated carbocycles. The molecular weight excluding hydrogens is 488 g/mol. The summed E-state index contributed by atoms with van der Waals surface area (Å²) in [6, 6.07) is 19.9. The molecule has 0 spiro atoms. The van der Waals surface area contributed by atoms with Crippen LogP contribution in [0.4, 0.5) is 11.4 Å². The molecule has 1 aliphatic rings. The molecule has 0 aromatic heterocycles. The van der Waals surface area contributed by atoms with E-state index < -0.39 is 23.3 Å². The number of nitrogens with zero attached hydrogens (tertiary/aromatic N) is 4. The maximum atomic E-state index is 11.7. The van der Waals surface area contributed by atoms with Gasteiger partial charge in [0.2, 0.25) is 0 Å². The van der Waals surface area contributed by atoms with Gasteiger partial charge in [-0.2, -0.15) is 4.41 Å². The zero-order valence-corrected chi connectivity index (χ0v) is 22.1. The van der Waals surface area contributed by atoms with Gasteiger partial charge in [0.05, 0.1) is 6.42 Å². The molecular formula is C28H31N4O4S-. The fourth-order valence-corrected chi connectivity index (χ4v) is 5.35. The largest absolute Gasteiger partial charge is 0.759 e. The predicted octanol–water partition coefficient (Wildman–Crippen LogP) is 3.30. The highest BCUT2D eigenvalue weighted by atomic mass is 32.2. The summed E-state index contributed by atoms with van der Waals surface area (Å²) in [7, 11) is 4.07. The summed E-state index contributed by atoms with van der Waals surface area (Å²) < 4.78 is 24.6. The average Bonchev–Trinajstić information content (AvgIpc) is 2.87. The Kier molecular flexibility index (Phi) is 8.46. The third kappa shape index (κ3) is 6.48. The van der Waals surface area contributed by atoms with Crippen molar-refractivity contribution in [2.75, 3.05) is 50.1 Å². The molecule has 1 aliphatic heterocycles. The number of fused-ring (bicyclic) bond motifs is 1. The van der Waals surface area contributed by atoms with E-state index in [2.05, 4.69) is 52.0 Å². The number of anilines is 2. The van der Waals surface area contributed by atoms with Gasteiger partial charge in [-0.05, 0) is 54.8 Å². The Morgan fingerprint density at radius 1 is 1.03 bits per heavy atom. The molecule has 1 saturated heterocycles. The Labute approximate surface area is 220 Å². The van der Waals surface area contributed by atoms with E-state index in [1.54, 1.807) is 11.9 Å². The molecule has 0 amide bonds. The van der Waals surface area contributed by atoms with Gasteiger partial charge in [-0.25, -0.2) is 5.01 Å². The number of hydrogen-bond donors (Lipinski definition) is 1. The second-order valence-corrected chi connectivity index (χ2v) is 10.1. The van der Waals surface area contributed by atoms with E-state index in [0.29, 0.717) is 26.2 Å². The Morgan fingerprint density at radius 3 is 2.30 bits per heavy atom. The number of piperazine rings is 1. The van der Waals surface area contributed by atoms with Crippen LogP contribution in [0.15, 0.2) is 60.7 Å². The van der Waals surface area contributed by atoms with Crippen LogP contribution in [-0.2, 0) is 16.1 Å². The number of carbonyl (C=O) groups is 1. The molecule has 37 heavy (non-hydrogen) atoms. The molecule has 0 aliphatic carbocycles. The molecule has 0 radical (unpaired) electrons. The normalized spacial score (nSPS) is 15.8. The minimum Gasteiger partial charge on any atom is -0.759 e. The Bertz CT molecular complexity index is 1340. The van der Waals surface area contributed by atoms with Gasteiger partial charge >= 0.3 is 5.97 Å². The van der Waals surface area contributed by atoms with Crippen LogP contribution < -0.4 is 9.80 Å². The fraction of sp³-hybridized carbons (Fsp3) is 0.321. The maximum absolute atomic E-state index is 11.7. The molecule has 3 aromatic carbocycles. The van der Waals surface area contributed by atoms with Crippen molar-refractivity contribution in [2.45, 2.75) is 19.4 Å². The number of hydrogen-bond acceptors (Lipinski definition) is 6. The number of carboxylic acid groups (broad SMARTS) is 1. The zero-order valence-electron chi connectivity index (χ0n) is 21.3. The van der Waals surface area contributed by atoms with Crippen molar-refractivity contribution >= 4 is 39.4 Å². The van der Waals surface area contributed by atoms with Crippen LogP contribution in [0.5, 0.6) is 0 Å². The third-order valence-electron chi connectivity index (χ3n) is 6.46. The van der Waals surface area contributed by atoms with E-state index in [-0.39, 0.29) is 6.42 Å². The summed E-state index contributed by atoms with van der Waals surface area (Å²) in [5, 5.41) is 13.1. The van der Waals surface area contributed by atoms with Gasteiger partial charge in [-0.1, -0.05) is 30.0 Å². The monoisotopic (exact) mass is 519 g/mol. The van der Waals surface area contributed by atoms with Crippen LogP contribution in [0.3, 0.4) is 0 Å². The van der Waals surface area contributed by atoms with Crippen molar-refractivity contribution in [3.63, 3.8) is 0 Å². The fourth-order valence-electron chi connectivity index (χ4n) is 4.63. The SMILES string of the molecule is CC(CC(=O)O)N(N1CCN(c2ccc(C#Cc3ccc4cccc(N(C)C)c4c3)cc2)CC1)S(=O)[O-]. The Balaban J connectivity index is 1.41. The highest BCUT2D eigenvalue weighted by molar-refractivity contribution is 7.76. The van der Waals surface area contributed by atoms with Crippen molar-refractivity contribution in [3.8, 4) is 11.8 Å². The summed E-state index contributed by atoms with van der Waals surface area (Å²) in [5.74, 6) is 5.51. The predicted molar refractivity (Wildman–Crippen MR) is 147 cm³/mol. The summed E-state index contributed by atoms with van der Waals surface area (Å²) in [6.45, 7) is 3.83. The first-order valence-electron chi connectivity index (χ1n) is 12.2. The van der Waals surface area contributed by atoms with Crippen LogP contribution in [0.1, 0.15) is 24.5 Å². The van der Waals surface area contributed by atoms with Gasteiger partial charge in [-0.3, -0.25) is 9.00 Å². The number of carboxylic acids is 1. The van der Waals surface area contributed by atoms with Gasteiger partial charge in [0.25, 0.3) is 0 Å². The lowest BCUT2D eigenvalue weighted by Crippen LogP contribution is -2.57. The number of aliphatic carboxylic acids is 1. The third-order valence-corrected chi connectivity index (χ3v) is 7.36. The first kappa shape index (κ1) is 26.6. The molecule has 2 atom stereocenters. The number of hydrazine groups is 1. The highest BCUT2D eigenvalue weighted by Crippen LogP contribution is 2.26. The van der Waals surface area contributed by atoms with E-state index in [9.17, 15) is 13.6 Å². The van der Waals surface area contributed by atoms with Crippen molar-refractivity contribution in [3.05, 3.63) is 71.8 Å². The highest BCUT2D eigenvalue weighted by Gasteiger charge is 2.27. The summed E-state index contributed by atoms with van der Waals surface area (Å²) in [5.41, 5.74) is 4.07.